The molecule has 19 heteroatoms. The summed E-state index contributed by atoms with van der Waals surface area (Å²) in [5.41, 5.74) is -3.09. The molecule has 1 saturated heterocycles. The first kappa shape index (κ1) is 45.2. The normalized spacial score (nSPS) is 29.4. The highest BCUT2D eigenvalue weighted by molar-refractivity contribution is 7.91. The molecule has 5 aliphatic rings. The molecule has 7 rings (SSSR count). The minimum Gasteiger partial charge on any atom is -0.489 e. The summed E-state index contributed by atoms with van der Waals surface area (Å²) in [6.45, 7) is 6.38. The molecule has 2 saturated carbocycles. The van der Waals surface area contributed by atoms with Crippen LogP contribution in [0.25, 0.3) is 10.8 Å². The van der Waals surface area contributed by atoms with Gasteiger partial charge < -0.3 is 34.6 Å². The first-order chi connectivity index (χ1) is 29.2. The zero-order valence-electron chi connectivity index (χ0n) is 36.0. The second-order valence-electron chi connectivity index (χ2n) is 18.3. The molecule has 1 aromatic carbocycles. The highest BCUT2D eigenvalue weighted by atomic mass is 32.2. The van der Waals surface area contributed by atoms with E-state index in [0.29, 0.717) is 56.9 Å². The number of amides is 4. The van der Waals surface area contributed by atoms with Gasteiger partial charge in [-0.2, -0.15) is 0 Å². The number of carbonyl (C=O) groups excluding carboxylic acids is 4. The number of alkyl carbamates (subject to hydrolysis) is 1. The maximum absolute atomic E-state index is 15.1. The fourth-order valence-corrected chi connectivity index (χ4v) is 10.2. The number of hydrogen-bond donors (Lipinski definition) is 3. The van der Waals surface area contributed by atoms with Gasteiger partial charge in [0.1, 0.15) is 41.8 Å². The number of hydrogen-bond acceptors (Lipinski definition) is 11. The number of ether oxygens (including phenoxy) is 3. The van der Waals surface area contributed by atoms with E-state index in [1.165, 1.54) is 4.90 Å². The maximum atomic E-state index is 15.1. The standard InChI is InChI=1S/C43H57F3N6O9S/c1-7-26-20-25(2)10-8-9-11-27-22-43(27,38(55)50-62(57,58)42(24-44)15-16-42)49-35(53)32-21-28(23-52(32)37(54)33(26)48-39(56)61-40(3,4)41(5,45)46)60-36-30-12-13-31-34(29(30)14-17-47-36)59-19-18-51(31)6/h9,11-14,17,25-28,32-33H,7-8,10,15-16,18-24H2,1-6H3,(H,48,56)(H,49,53)(H,50,55)/b11-9-/t25-,26+,27+,28+,32-,33?,43+/m0/s1. The van der Waals surface area contributed by atoms with Gasteiger partial charge in [-0.3, -0.25) is 19.1 Å². The Morgan fingerprint density at radius 1 is 1.11 bits per heavy atom. The Morgan fingerprint density at radius 2 is 1.85 bits per heavy atom. The SMILES string of the molecule is CC[C@@H]1C[C@@H](C)CC/C=C\[C@@H]2C[C@@]2(C(=O)NS(=O)(=O)C2(CF)CC2)NC(=O)[C@@H]2C[C@@H](Oc3nccc4c5c(ccc34)N(C)CCO5)CN2C(=O)C1NC(=O)OC(C)(C)C(C)(F)F. The second-order valence-corrected chi connectivity index (χ2v) is 20.4. The lowest BCUT2D eigenvalue weighted by Crippen LogP contribution is -2.60. The van der Waals surface area contributed by atoms with E-state index in [1.807, 2.05) is 39.1 Å². The number of alkyl halides is 3. The summed E-state index contributed by atoms with van der Waals surface area (Å²) in [6, 6.07) is 2.88. The van der Waals surface area contributed by atoms with Crippen molar-refractivity contribution in [3.05, 3.63) is 36.5 Å². The summed E-state index contributed by atoms with van der Waals surface area (Å²) in [5, 5.41) is 6.73. The molecule has 3 fully saturated rings. The molecule has 3 aliphatic heterocycles. The molecule has 3 N–H and O–H groups in total. The van der Waals surface area contributed by atoms with Gasteiger partial charge in [-0.15, -0.1) is 0 Å². The Kier molecular flexibility index (Phi) is 12.2. The third-order valence-corrected chi connectivity index (χ3v) is 15.6. The van der Waals surface area contributed by atoms with Gasteiger partial charge >= 0.3 is 6.09 Å². The van der Waals surface area contributed by atoms with Gasteiger partial charge in [0, 0.05) is 43.3 Å². The molecule has 2 aromatic rings. The van der Waals surface area contributed by atoms with E-state index >= 15 is 4.79 Å². The minimum atomic E-state index is -4.45. The molecule has 4 heterocycles. The van der Waals surface area contributed by atoms with Crippen LogP contribution >= 0.6 is 0 Å². The minimum absolute atomic E-state index is 0.00994. The van der Waals surface area contributed by atoms with Gasteiger partial charge in [0.15, 0.2) is 11.4 Å². The summed E-state index contributed by atoms with van der Waals surface area (Å²) in [6.07, 6.45) is 5.09. The molecule has 0 bridgehead atoms. The lowest BCUT2D eigenvalue weighted by molar-refractivity contribution is -0.152. The Balaban J connectivity index is 1.24. The summed E-state index contributed by atoms with van der Waals surface area (Å²) < 4.78 is 87.6. The lowest BCUT2D eigenvalue weighted by Gasteiger charge is -2.35. The maximum Gasteiger partial charge on any atom is 0.408 e. The number of rotatable bonds is 10. The summed E-state index contributed by atoms with van der Waals surface area (Å²) in [4.78, 5) is 65.0. The van der Waals surface area contributed by atoms with Crippen molar-refractivity contribution < 1.29 is 55.0 Å². The van der Waals surface area contributed by atoms with E-state index in [-0.39, 0.29) is 44.0 Å². The van der Waals surface area contributed by atoms with Gasteiger partial charge in [-0.1, -0.05) is 32.4 Å². The number of likely N-dealkylation sites (N-methyl/N-ethyl adjacent to an activating group) is 1. The number of aromatic nitrogens is 1. The smallest absolute Gasteiger partial charge is 0.408 e. The zero-order chi connectivity index (χ0) is 45.0. The third-order valence-electron chi connectivity index (χ3n) is 13.5. The third kappa shape index (κ3) is 8.61. The molecule has 340 valence electrons. The summed E-state index contributed by atoms with van der Waals surface area (Å²) in [7, 11) is -2.49. The lowest BCUT2D eigenvalue weighted by atomic mass is 9.85. The second kappa shape index (κ2) is 16.7. The van der Waals surface area contributed by atoms with Crippen LogP contribution in [0.4, 0.5) is 23.7 Å². The molecule has 15 nitrogen and oxygen atoms in total. The molecule has 0 radical (unpaired) electrons. The van der Waals surface area contributed by atoms with Crippen LogP contribution in [0.5, 0.6) is 11.6 Å². The van der Waals surface area contributed by atoms with Gasteiger partial charge in [0.2, 0.25) is 27.7 Å². The molecule has 0 spiro atoms. The number of fused-ring (bicyclic) bond motifs is 5. The molecule has 1 unspecified atom stereocenters. The van der Waals surface area contributed by atoms with Crippen LogP contribution in [-0.2, 0) is 29.1 Å². The van der Waals surface area contributed by atoms with Crippen molar-refractivity contribution in [2.75, 3.05) is 38.3 Å². The summed E-state index contributed by atoms with van der Waals surface area (Å²) >= 11 is 0. The molecule has 4 amide bonds. The van der Waals surface area contributed by atoms with E-state index in [9.17, 15) is 36.0 Å². The van der Waals surface area contributed by atoms with E-state index in [4.69, 9.17) is 14.2 Å². The van der Waals surface area contributed by atoms with E-state index < -0.39 is 92.3 Å². The van der Waals surface area contributed by atoms with Crippen molar-refractivity contribution in [3.8, 4) is 11.6 Å². The predicted molar refractivity (Wildman–Crippen MR) is 223 cm³/mol. The predicted octanol–water partition coefficient (Wildman–Crippen LogP) is 5.17. The fraction of sp³-hybridized carbons (Fsp3) is 0.651. The topological polar surface area (TPSA) is 186 Å². The number of carbonyl (C=O) groups is 4. The molecular formula is C43H57F3N6O9S. The van der Waals surface area contributed by atoms with Gasteiger partial charge in [-0.25, -0.2) is 31.4 Å². The molecule has 62 heavy (non-hydrogen) atoms. The van der Waals surface area contributed by atoms with Crippen LogP contribution in [0.1, 0.15) is 86.0 Å². The first-order valence-electron chi connectivity index (χ1n) is 21.4. The van der Waals surface area contributed by atoms with Gasteiger partial charge in [0.05, 0.1) is 18.8 Å². The van der Waals surface area contributed by atoms with E-state index in [0.717, 1.165) is 24.9 Å². The number of anilines is 1. The number of allylic oxidation sites excluding steroid dienone is 1. The molecule has 7 atom stereocenters. The largest absolute Gasteiger partial charge is 0.489 e. The highest BCUT2D eigenvalue weighted by Crippen LogP contribution is 2.48. The van der Waals surface area contributed by atoms with Crippen LogP contribution in [0, 0.1) is 17.8 Å². The van der Waals surface area contributed by atoms with Crippen LogP contribution in [0.15, 0.2) is 36.5 Å². The van der Waals surface area contributed by atoms with Crippen molar-refractivity contribution in [2.24, 2.45) is 17.8 Å². The number of pyridine rings is 1. The van der Waals surface area contributed by atoms with Crippen molar-refractivity contribution in [1.82, 2.24) is 25.2 Å². The van der Waals surface area contributed by atoms with Gasteiger partial charge in [-0.05, 0) is 82.4 Å². The average molecular weight is 891 g/mol. The Bertz CT molecular complexity index is 2230. The molecule has 2 aliphatic carbocycles. The molecular weight excluding hydrogens is 834 g/mol. The summed E-state index contributed by atoms with van der Waals surface area (Å²) in [5.74, 6) is -6.23. The fourth-order valence-electron chi connectivity index (χ4n) is 8.75. The van der Waals surface area contributed by atoms with Crippen molar-refractivity contribution in [3.63, 3.8) is 0 Å². The Labute approximate surface area is 359 Å². The Morgan fingerprint density at radius 3 is 2.53 bits per heavy atom. The quantitative estimate of drug-likeness (QED) is 0.268. The number of halogens is 3. The van der Waals surface area contributed by atoms with Gasteiger partial charge in [0.25, 0.3) is 11.8 Å². The van der Waals surface area contributed by atoms with Crippen LogP contribution in [-0.4, -0.2) is 116 Å². The number of nitrogens with one attached hydrogen (secondary N) is 3. The zero-order valence-corrected chi connectivity index (χ0v) is 36.8. The number of sulfonamides is 1. The van der Waals surface area contributed by atoms with Crippen molar-refractivity contribution in [2.45, 2.75) is 126 Å². The highest BCUT2D eigenvalue weighted by Gasteiger charge is 2.64. The van der Waals surface area contributed by atoms with Crippen LogP contribution in [0.3, 0.4) is 0 Å². The average Bonchev–Trinajstić information content (AvgIpc) is 4.11. The molecule has 1 aromatic heterocycles. The van der Waals surface area contributed by atoms with Crippen LogP contribution < -0.4 is 29.7 Å². The monoisotopic (exact) mass is 890 g/mol. The Hall–Kier alpha value is -4.81. The number of benzene rings is 1. The van der Waals surface area contributed by atoms with E-state index in [1.54, 1.807) is 18.3 Å². The number of nitrogens with zero attached hydrogens (tertiary/aromatic N) is 3. The van der Waals surface area contributed by atoms with Crippen LogP contribution in [0.2, 0.25) is 0 Å². The van der Waals surface area contributed by atoms with Crippen molar-refractivity contribution >= 4 is 50.3 Å². The van der Waals surface area contributed by atoms with E-state index in [2.05, 4.69) is 25.2 Å². The van der Waals surface area contributed by atoms with Crippen molar-refractivity contribution in [1.29, 1.82) is 0 Å². The first-order valence-corrected chi connectivity index (χ1v) is 22.9.